The summed E-state index contributed by atoms with van der Waals surface area (Å²) in [4.78, 5) is 9.43. The molecule has 4 heteroatoms. The van der Waals surface area contributed by atoms with Gasteiger partial charge in [-0.05, 0) is 189 Å². The molecule has 348 valence electrons. The third kappa shape index (κ3) is 5.43. The standard InChI is InChI=1S/C68H56N4/c1-67(2)57-15-7-5-13-47(57)51-31-39(19-25-59(51)67)41-21-27-61-53(33-41)55-35-43-17-18-44-36-56-54-34-42(40-20-26-60-52(32-40)48-14-6-8-16-58(48)68(60,3)4)22-28-62(54)72(46-12-10-30-70-38-46)66(56)50-24-23-49(63(43)64(44)50)65(55)71(61)45-11-9-29-69-37-45/h5-16,19-21,25-27,29-31,33-38,47,52,57H,17-18,22-24,28,32H2,1-4H3. The SMILES string of the molecule is CC1(C)C2=CC=C(C3=Cc4c(n(-c5cccnc5)c5c6c7c(cc45)CCc4cc5c8cc(-c9ccc%10c(c9)C9C=CC=CC9C%10(C)C)ccc8n(-c8cccnc8)c5c(c4-7)CC6)CC3)CC2c2ccccc21. The van der Waals surface area contributed by atoms with E-state index in [1.54, 1.807) is 5.57 Å². The van der Waals surface area contributed by atoms with Crippen molar-refractivity contribution in [2.45, 2.75) is 95.3 Å². The van der Waals surface area contributed by atoms with Crippen molar-refractivity contribution in [2.75, 3.05) is 0 Å². The third-order valence-corrected chi connectivity index (χ3v) is 18.9. The minimum atomic E-state index is 0.0638. The highest BCUT2D eigenvalue weighted by molar-refractivity contribution is 6.14. The summed E-state index contributed by atoms with van der Waals surface area (Å²) in [6, 6.07) is 37.7. The van der Waals surface area contributed by atoms with Gasteiger partial charge in [-0.25, -0.2) is 0 Å². The van der Waals surface area contributed by atoms with Gasteiger partial charge in [0.05, 0.1) is 40.3 Å². The highest BCUT2D eigenvalue weighted by Gasteiger charge is 2.45. The van der Waals surface area contributed by atoms with Crippen LogP contribution in [0.2, 0.25) is 0 Å². The van der Waals surface area contributed by atoms with Gasteiger partial charge in [0.15, 0.2) is 0 Å². The number of hydrogen-bond donors (Lipinski definition) is 0. The number of fused-ring (bicyclic) bond motifs is 14. The van der Waals surface area contributed by atoms with Crippen molar-refractivity contribution in [3.05, 3.63) is 231 Å². The summed E-state index contributed by atoms with van der Waals surface area (Å²) in [7, 11) is 0. The predicted molar refractivity (Wildman–Crippen MR) is 296 cm³/mol. The van der Waals surface area contributed by atoms with Crippen molar-refractivity contribution in [3.63, 3.8) is 0 Å². The number of aromatic nitrogens is 4. The second kappa shape index (κ2) is 14.5. The minimum absolute atomic E-state index is 0.0638. The molecule has 3 atom stereocenters. The van der Waals surface area contributed by atoms with Gasteiger partial charge in [0.25, 0.3) is 0 Å². The van der Waals surface area contributed by atoms with Crippen LogP contribution in [0.1, 0.15) is 108 Å². The van der Waals surface area contributed by atoms with Crippen LogP contribution in [0.25, 0.3) is 72.4 Å². The van der Waals surface area contributed by atoms with Crippen LogP contribution in [0.15, 0.2) is 175 Å². The lowest BCUT2D eigenvalue weighted by Crippen LogP contribution is -2.24. The lowest BCUT2D eigenvalue weighted by molar-refractivity contribution is 0.394. The number of pyridine rings is 2. The molecular weight excluding hydrogens is 873 g/mol. The summed E-state index contributed by atoms with van der Waals surface area (Å²) in [6.07, 6.45) is 32.0. The molecule has 9 aromatic rings. The van der Waals surface area contributed by atoms with Crippen LogP contribution >= 0.6 is 0 Å². The average molecular weight is 929 g/mol. The van der Waals surface area contributed by atoms with Gasteiger partial charge in [0.2, 0.25) is 0 Å². The van der Waals surface area contributed by atoms with Gasteiger partial charge in [-0.1, -0.05) is 118 Å². The second-order valence-electron chi connectivity index (χ2n) is 23.1. The van der Waals surface area contributed by atoms with Crippen LogP contribution < -0.4 is 0 Å². The van der Waals surface area contributed by atoms with E-state index in [1.165, 1.54) is 122 Å². The molecule has 0 saturated carbocycles. The molecule has 0 amide bonds. The van der Waals surface area contributed by atoms with Crippen LogP contribution in [-0.2, 0) is 42.9 Å². The Hall–Kier alpha value is -7.56. The van der Waals surface area contributed by atoms with Gasteiger partial charge < -0.3 is 9.13 Å². The van der Waals surface area contributed by atoms with Crippen molar-refractivity contribution in [2.24, 2.45) is 5.92 Å². The van der Waals surface area contributed by atoms with Crippen molar-refractivity contribution in [1.29, 1.82) is 0 Å². The van der Waals surface area contributed by atoms with Gasteiger partial charge in [-0.2, -0.15) is 0 Å². The van der Waals surface area contributed by atoms with Crippen LogP contribution in [0.5, 0.6) is 0 Å². The van der Waals surface area contributed by atoms with Crippen LogP contribution in [-0.4, -0.2) is 19.1 Å². The van der Waals surface area contributed by atoms with E-state index in [2.05, 4.69) is 189 Å². The van der Waals surface area contributed by atoms with Gasteiger partial charge in [0, 0.05) is 57.1 Å². The zero-order valence-corrected chi connectivity index (χ0v) is 41.6. The fourth-order valence-electron chi connectivity index (χ4n) is 15.6. The first-order chi connectivity index (χ1) is 35.2. The van der Waals surface area contributed by atoms with Gasteiger partial charge >= 0.3 is 0 Å². The van der Waals surface area contributed by atoms with E-state index in [0.717, 1.165) is 56.3 Å². The van der Waals surface area contributed by atoms with E-state index in [1.807, 2.05) is 12.4 Å². The minimum Gasteiger partial charge on any atom is -0.311 e. The molecule has 0 aliphatic heterocycles. The first kappa shape index (κ1) is 41.1. The molecule has 4 nitrogen and oxygen atoms in total. The van der Waals surface area contributed by atoms with Crippen molar-refractivity contribution >= 4 is 38.8 Å². The molecule has 0 radical (unpaired) electrons. The van der Waals surface area contributed by atoms with Crippen molar-refractivity contribution in [1.82, 2.24) is 19.1 Å². The van der Waals surface area contributed by atoms with E-state index in [-0.39, 0.29) is 10.8 Å². The Morgan fingerprint density at radius 2 is 1.28 bits per heavy atom. The summed E-state index contributed by atoms with van der Waals surface area (Å²) in [5.41, 5.74) is 31.3. The predicted octanol–water partition coefficient (Wildman–Crippen LogP) is 15.8. The van der Waals surface area contributed by atoms with Crippen molar-refractivity contribution in [3.8, 4) is 33.6 Å². The van der Waals surface area contributed by atoms with Crippen LogP contribution in [0.4, 0.5) is 0 Å². The highest BCUT2D eigenvalue weighted by Crippen LogP contribution is 2.57. The topological polar surface area (TPSA) is 35.6 Å². The normalized spacial score (nSPS) is 21.2. The molecule has 0 fully saturated rings. The Morgan fingerprint density at radius 3 is 2.06 bits per heavy atom. The van der Waals surface area contributed by atoms with E-state index in [4.69, 9.17) is 9.97 Å². The maximum Gasteiger partial charge on any atom is 0.0645 e. The Morgan fingerprint density at radius 1 is 0.569 bits per heavy atom. The maximum absolute atomic E-state index is 4.73. The Balaban J connectivity index is 0.879. The molecule has 5 aromatic carbocycles. The molecule has 72 heavy (non-hydrogen) atoms. The van der Waals surface area contributed by atoms with Gasteiger partial charge in [-0.15, -0.1) is 0 Å². The first-order valence-corrected chi connectivity index (χ1v) is 26.6. The molecule has 7 aliphatic rings. The summed E-state index contributed by atoms with van der Waals surface area (Å²) in [5.74, 6) is 1.35. The molecule has 0 spiro atoms. The lowest BCUT2D eigenvalue weighted by Gasteiger charge is -2.31. The molecule has 0 N–H and O–H groups in total. The zero-order valence-electron chi connectivity index (χ0n) is 41.6. The fourth-order valence-corrected chi connectivity index (χ4v) is 15.6. The maximum atomic E-state index is 4.73. The quantitative estimate of drug-likeness (QED) is 0.176. The Bertz CT molecular complexity index is 4070. The molecule has 16 rings (SSSR count). The summed E-state index contributed by atoms with van der Waals surface area (Å²) >= 11 is 0. The number of benzene rings is 5. The molecule has 3 unspecified atom stereocenters. The molecule has 0 saturated heterocycles. The number of aryl methyl sites for hydroxylation is 4. The number of nitrogens with zero attached hydrogens (tertiary/aromatic N) is 4. The molecule has 7 aliphatic carbocycles. The van der Waals surface area contributed by atoms with Gasteiger partial charge in [0.1, 0.15) is 0 Å². The second-order valence-corrected chi connectivity index (χ2v) is 23.1. The van der Waals surface area contributed by atoms with Crippen molar-refractivity contribution < 1.29 is 0 Å². The Kier molecular flexibility index (Phi) is 8.30. The smallest absolute Gasteiger partial charge is 0.0645 e. The average Bonchev–Trinajstić information content (AvgIpc) is 4.08. The fraction of sp³-hybridized carbons (Fsp3) is 0.235. The monoisotopic (exact) mass is 928 g/mol. The molecule has 4 aromatic heterocycles. The molecule has 0 bridgehead atoms. The summed E-state index contributed by atoms with van der Waals surface area (Å²) < 4.78 is 5.16. The summed E-state index contributed by atoms with van der Waals surface area (Å²) in [6.45, 7) is 9.68. The summed E-state index contributed by atoms with van der Waals surface area (Å²) in [5, 5.41) is 4.08. The van der Waals surface area contributed by atoms with Gasteiger partial charge in [-0.3, -0.25) is 9.97 Å². The Labute approximate surface area is 421 Å². The zero-order chi connectivity index (χ0) is 47.8. The van der Waals surface area contributed by atoms with E-state index in [9.17, 15) is 0 Å². The number of hydrogen-bond acceptors (Lipinski definition) is 2. The molecule has 4 heterocycles. The van der Waals surface area contributed by atoms with E-state index >= 15 is 0 Å². The molecular formula is C68H56N4. The highest BCUT2D eigenvalue weighted by atomic mass is 15.0. The van der Waals surface area contributed by atoms with E-state index < -0.39 is 0 Å². The largest absolute Gasteiger partial charge is 0.311 e. The van der Waals surface area contributed by atoms with E-state index in [0.29, 0.717) is 17.8 Å². The number of allylic oxidation sites excluding steroid dienone is 9. The van der Waals surface area contributed by atoms with Crippen LogP contribution in [0, 0.1) is 5.92 Å². The first-order valence-electron chi connectivity index (χ1n) is 26.6. The number of rotatable bonds is 4. The lowest BCUT2D eigenvalue weighted by atomic mass is 9.73. The third-order valence-electron chi connectivity index (χ3n) is 18.9. The van der Waals surface area contributed by atoms with Crippen LogP contribution in [0.3, 0.4) is 0 Å².